The molecule has 0 saturated carbocycles. The van der Waals surface area contributed by atoms with Crippen molar-refractivity contribution in [3.8, 4) is 5.75 Å². The van der Waals surface area contributed by atoms with E-state index >= 15 is 0 Å². The zero-order valence-electron chi connectivity index (χ0n) is 15.2. The molecule has 1 fully saturated rings. The van der Waals surface area contributed by atoms with Gasteiger partial charge >= 0.3 is 0 Å². The summed E-state index contributed by atoms with van der Waals surface area (Å²) in [6.07, 6.45) is 0.782. The van der Waals surface area contributed by atoms with Crippen LogP contribution in [-0.4, -0.2) is 31.2 Å². The van der Waals surface area contributed by atoms with Gasteiger partial charge in [0, 0.05) is 25.0 Å². The van der Waals surface area contributed by atoms with E-state index < -0.39 is 6.10 Å². The minimum Gasteiger partial charge on any atom is -0.494 e. The molecule has 0 aliphatic carbocycles. The third kappa shape index (κ3) is 4.77. The van der Waals surface area contributed by atoms with Gasteiger partial charge in [0.2, 0.25) is 0 Å². The molecule has 1 saturated heterocycles. The standard InChI is InChI=1S/C21H25ClO4/c1-3-25-18-7-4-14(5-8-18)10-16-11-15(6-9-19(16)22)20-12-17(23)13-21(24-2)26-20/h4-9,11,17,20-21,23H,3,10,12-13H2,1-2H3. The minimum absolute atomic E-state index is 0.194. The van der Waals surface area contributed by atoms with Gasteiger partial charge in [0.05, 0.1) is 18.8 Å². The van der Waals surface area contributed by atoms with Gasteiger partial charge in [0.1, 0.15) is 5.75 Å². The fourth-order valence-corrected chi connectivity index (χ4v) is 3.43. The zero-order chi connectivity index (χ0) is 18.5. The lowest BCUT2D eigenvalue weighted by molar-refractivity contribution is -0.205. The number of aliphatic hydroxyl groups is 1. The van der Waals surface area contributed by atoms with Gasteiger partial charge in [-0.15, -0.1) is 0 Å². The number of halogens is 1. The van der Waals surface area contributed by atoms with E-state index in [9.17, 15) is 5.11 Å². The lowest BCUT2D eigenvalue weighted by Gasteiger charge is -2.32. The van der Waals surface area contributed by atoms with Crippen molar-refractivity contribution in [2.75, 3.05) is 13.7 Å². The first-order chi connectivity index (χ1) is 12.6. The fourth-order valence-electron chi connectivity index (χ4n) is 3.25. The van der Waals surface area contributed by atoms with E-state index in [1.54, 1.807) is 7.11 Å². The zero-order valence-corrected chi connectivity index (χ0v) is 15.9. The maximum Gasteiger partial charge on any atom is 0.160 e. The van der Waals surface area contributed by atoms with E-state index in [1.807, 2.05) is 31.2 Å². The summed E-state index contributed by atoms with van der Waals surface area (Å²) in [6.45, 7) is 2.63. The van der Waals surface area contributed by atoms with E-state index in [-0.39, 0.29) is 12.4 Å². The Labute approximate surface area is 159 Å². The number of methoxy groups -OCH3 is 1. The van der Waals surface area contributed by atoms with Crippen LogP contribution in [0.25, 0.3) is 0 Å². The first-order valence-corrected chi connectivity index (χ1v) is 9.33. The average molecular weight is 377 g/mol. The Bertz CT molecular complexity index is 716. The summed E-state index contributed by atoms with van der Waals surface area (Å²) in [6, 6.07) is 14.0. The van der Waals surface area contributed by atoms with Crippen molar-refractivity contribution in [1.82, 2.24) is 0 Å². The molecule has 3 unspecified atom stereocenters. The van der Waals surface area contributed by atoms with Gasteiger partial charge in [-0.25, -0.2) is 0 Å². The summed E-state index contributed by atoms with van der Waals surface area (Å²) in [5.41, 5.74) is 3.20. The Kier molecular flexibility index (Phi) is 6.54. The van der Waals surface area contributed by atoms with Crippen molar-refractivity contribution in [3.63, 3.8) is 0 Å². The second-order valence-corrected chi connectivity index (χ2v) is 6.93. The molecule has 0 bridgehead atoms. The number of rotatable bonds is 6. The van der Waals surface area contributed by atoms with Crippen LogP contribution in [0.5, 0.6) is 5.75 Å². The molecule has 1 heterocycles. The summed E-state index contributed by atoms with van der Waals surface area (Å²) >= 11 is 6.41. The Morgan fingerprint density at radius 2 is 1.92 bits per heavy atom. The van der Waals surface area contributed by atoms with Crippen LogP contribution in [-0.2, 0) is 15.9 Å². The van der Waals surface area contributed by atoms with Gasteiger partial charge < -0.3 is 19.3 Å². The summed E-state index contributed by atoms with van der Waals surface area (Å²) in [5.74, 6) is 0.867. The first kappa shape index (κ1) is 19.2. The molecule has 1 aliphatic heterocycles. The highest BCUT2D eigenvalue weighted by Crippen LogP contribution is 2.34. The average Bonchev–Trinajstić information content (AvgIpc) is 2.64. The van der Waals surface area contributed by atoms with E-state index in [4.69, 9.17) is 25.8 Å². The van der Waals surface area contributed by atoms with E-state index in [0.717, 1.165) is 33.9 Å². The molecule has 0 spiro atoms. The molecule has 5 heteroatoms. The quantitative estimate of drug-likeness (QED) is 0.805. The lowest BCUT2D eigenvalue weighted by atomic mass is 9.95. The third-order valence-electron chi connectivity index (χ3n) is 4.60. The van der Waals surface area contributed by atoms with Gasteiger partial charge in [0.15, 0.2) is 6.29 Å². The van der Waals surface area contributed by atoms with Crippen molar-refractivity contribution in [1.29, 1.82) is 0 Å². The second-order valence-electron chi connectivity index (χ2n) is 6.52. The normalized spacial score (nSPS) is 23.0. The van der Waals surface area contributed by atoms with Crippen LogP contribution in [0.2, 0.25) is 5.02 Å². The van der Waals surface area contributed by atoms with Gasteiger partial charge in [-0.2, -0.15) is 0 Å². The van der Waals surface area contributed by atoms with Crippen molar-refractivity contribution >= 4 is 11.6 Å². The molecule has 3 atom stereocenters. The minimum atomic E-state index is -0.427. The van der Waals surface area contributed by atoms with Crippen LogP contribution in [0.1, 0.15) is 42.6 Å². The molecular formula is C21H25ClO4. The van der Waals surface area contributed by atoms with Gasteiger partial charge in [-0.05, 0) is 48.2 Å². The Morgan fingerprint density at radius 1 is 1.15 bits per heavy atom. The maximum atomic E-state index is 10.1. The van der Waals surface area contributed by atoms with Crippen molar-refractivity contribution < 1.29 is 19.3 Å². The Hall–Kier alpha value is -1.59. The number of benzene rings is 2. The highest BCUT2D eigenvalue weighted by molar-refractivity contribution is 6.31. The smallest absolute Gasteiger partial charge is 0.160 e. The number of hydrogen-bond acceptors (Lipinski definition) is 4. The molecule has 2 aromatic carbocycles. The number of ether oxygens (including phenoxy) is 3. The van der Waals surface area contributed by atoms with Crippen LogP contribution >= 0.6 is 11.6 Å². The monoisotopic (exact) mass is 376 g/mol. The van der Waals surface area contributed by atoms with Crippen LogP contribution in [0.15, 0.2) is 42.5 Å². The molecule has 0 radical (unpaired) electrons. The fraction of sp³-hybridized carbons (Fsp3) is 0.429. The van der Waals surface area contributed by atoms with Crippen molar-refractivity contribution in [2.45, 2.75) is 44.7 Å². The molecule has 1 aliphatic rings. The van der Waals surface area contributed by atoms with Crippen LogP contribution in [0.4, 0.5) is 0 Å². The van der Waals surface area contributed by atoms with Crippen LogP contribution in [0, 0.1) is 0 Å². The topological polar surface area (TPSA) is 47.9 Å². The molecule has 1 N–H and O–H groups in total. The maximum absolute atomic E-state index is 10.1. The summed E-state index contributed by atoms with van der Waals surface area (Å²) < 4.78 is 16.7. The van der Waals surface area contributed by atoms with Gasteiger partial charge in [-0.3, -0.25) is 0 Å². The summed E-state index contributed by atoms with van der Waals surface area (Å²) in [5, 5.41) is 10.8. The van der Waals surface area contributed by atoms with Crippen molar-refractivity contribution in [2.24, 2.45) is 0 Å². The summed E-state index contributed by atoms with van der Waals surface area (Å²) in [4.78, 5) is 0. The Morgan fingerprint density at radius 3 is 2.62 bits per heavy atom. The molecule has 0 amide bonds. The van der Waals surface area contributed by atoms with E-state index in [1.165, 1.54) is 0 Å². The molecule has 2 aromatic rings. The Balaban J connectivity index is 1.77. The molecule has 3 rings (SSSR count). The third-order valence-corrected chi connectivity index (χ3v) is 4.97. The largest absolute Gasteiger partial charge is 0.494 e. The predicted octanol–water partition coefficient (Wildman–Crippen LogP) is 4.51. The first-order valence-electron chi connectivity index (χ1n) is 8.95. The molecule has 0 aromatic heterocycles. The summed E-state index contributed by atoms with van der Waals surface area (Å²) in [7, 11) is 1.60. The highest BCUT2D eigenvalue weighted by Gasteiger charge is 2.29. The molecular weight excluding hydrogens is 352 g/mol. The molecule has 140 valence electrons. The molecule has 26 heavy (non-hydrogen) atoms. The second kappa shape index (κ2) is 8.87. The van der Waals surface area contributed by atoms with E-state index in [2.05, 4.69) is 18.2 Å². The SMILES string of the molecule is CCOc1ccc(Cc2cc(C3CC(O)CC(OC)O3)ccc2Cl)cc1. The van der Waals surface area contributed by atoms with Crippen molar-refractivity contribution in [3.05, 3.63) is 64.2 Å². The highest BCUT2D eigenvalue weighted by atomic mass is 35.5. The van der Waals surface area contributed by atoms with Crippen LogP contribution in [0.3, 0.4) is 0 Å². The number of aliphatic hydroxyl groups excluding tert-OH is 1. The van der Waals surface area contributed by atoms with Crippen LogP contribution < -0.4 is 4.74 Å². The van der Waals surface area contributed by atoms with E-state index in [0.29, 0.717) is 19.4 Å². The number of hydrogen-bond donors (Lipinski definition) is 1. The predicted molar refractivity (Wildman–Crippen MR) is 102 cm³/mol. The molecule has 4 nitrogen and oxygen atoms in total. The van der Waals surface area contributed by atoms with Gasteiger partial charge in [0.25, 0.3) is 0 Å². The lowest BCUT2D eigenvalue weighted by Crippen LogP contribution is -2.32. The van der Waals surface area contributed by atoms with Gasteiger partial charge in [-0.1, -0.05) is 35.9 Å².